The topological polar surface area (TPSA) is 42.1 Å². The minimum Gasteiger partial charge on any atom is -0.489 e. The number of ketones is 1. The number of fused-ring (bicyclic) bond motifs is 3. The van der Waals surface area contributed by atoms with Gasteiger partial charge in [-0.1, -0.05) is 66.7 Å². The maximum Gasteiger partial charge on any atom is 0.156 e. The van der Waals surface area contributed by atoms with Gasteiger partial charge in [-0.3, -0.25) is 4.79 Å². The molecule has 5 rings (SSSR count). The van der Waals surface area contributed by atoms with Crippen LogP contribution in [0.1, 0.15) is 41.6 Å². The molecule has 3 heteroatoms. The molecule has 4 aromatic rings. The highest BCUT2D eigenvalue weighted by molar-refractivity contribution is 5.97. The highest BCUT2D eigenvalue weighted by atomic mass is 16.5. The second-order valence-electron chi connectivity index (χ2n) is 8.10. The van der Waals surface area contributed by atoms with Crippen molar-refractivity contribution in [2.75, 3.05) is 0 Å². The lowest BCUT2D eigenvalue weighted by atomic mass is 9.85. The van der Waals surface area contributed by atoms with Gasteiger partial charge in [0.15, 0.2) is 5.78 Å². The predicted octanol–water partition coefficient (Wildman–Crippen LogP) is 6.34. The lowest BCUT2D eigenvalue weighted by Gasteiger charge is -2.18. The Labute approximate surface area is 182 Å². The Balaban J connectivity index is 1.56. The monoisotopic (exact) mass is 407 g/mol. The molecule has 3 nitrogen and oxygen atoms in total. The zero-order valence-electron chi connectivity index (χ0n) is 17.6. The van der Waals surface area contributed by atoms with Crippen molar-refractivity contribution in [1.29, 1.82) is 0 Å². The molecule has 0 amide bonds. The number of hydrogen-bond acceptors (Lipinski definition) is 2. The van der Waals surface area contributed by atoms with Gasteiger partial charge in [0.2, 0.25) is 0 Å². The summed E-state index contributed by atoms with van der Waals surface area (Å²) < 4.78 is 6.08. The van der Waals surface area contributed by atoms with Gasteiger partial charge in [0.1, 0.15) is 12.4 Å². The first-order valence-electron chi connectivity index (χ1n) is 10.8. The number of nitrogens with one attached hydrogen (secondary N) is 1. The van der Waals surface area contributed by atoms with E-state index in [1.165, 1.54) is 10.9 Å². The summed E-state index contributed by atoms with van der Waals surface area (Å²) in [5.41, 5.74) is 6.65. The van der Waals surface area contributed by atoms with E-state index >= 15 is 0 Å². The van der Waals surface area contributed by atoms with Gasteiger partial charge in [-0.2, -0.15) is 0 Å². The summed E-state index contributed by atoms with van der Waals surface area (Å²) in [5, 5.41) is 1.18. The molecule has 0 saturated carbocycles. The van der Waals surface area contributed by atoms with E-state index < -0.39 is 0 Å². The van der Waals surface area contributed by atoms with Crippen LogP contribution in [0.15, 0.2) is 90.5 Å². The average molecular weight is 408 g/mol. The summed E-state index contributed by atoms with van der Waals surface area (Å²) >= 11 is 0. The van der Waals surface area contributed by atoms with Crippen LogP contribution in [0.4, 0.5) is 0 Å². The van der Waals surface area contributed by atoms with E-state index in [0.29, 0.717) is 6.61 Å². The molecule has 0 saturated heterocycles. The maximum atomic E-state index is 12.5. The van der Waals surface area contributed by atoms with Crippen molar-refractivity contribution in [3.8, 4) is 5.75 Å². The van der Waals surface area contributed by atoms with E-state index in [1.807, 2.05) is 42.5 Å². The molecule has 31 heavy (non-hydrogen) atoms. The normalized spacial score (nSPS) is 15.8. The number of ether oxygens (including phenoxy) is 1. The number of H-pyrrole nitrogens is 1. The average Bonchev–Trinajstić information content (AvgIpc) is 3.04. The third-order valence-electron chi connectivity index (χ3n) is 6.06. The van der Waals surface area contributed by atoms with E-state index in [9.17, 15) is 4.79 Å². The SMILES string of the molecule is CC(=O)C1=CCCc2c([nH]c3ccc(OCc4ccccc4)cc23)C1c1ccccc1. The zero-order valence-corrected chi connectivity index (χ0v) is 17.6. The van der Waals surface area contributed by atoms with E-state index in [2.05, 4.69) is 47.5 Å². The number of allylic oxidation sites excluding steroid dienone is 2. The standard InChI is InChI=1S/C28H25NO2/c1-19(30)23-13-8-14-24-25-17-22(31-18-20-9-4-2-5-10-20)15-16-26(25)29-28(24)27(23)21-11-6-3-7-12-21/h2-7,9-13,15-17,27,29H,8,14,18H2,1H3. The zero-order chi connectivity index (χ0) is 21.2. The molecule has 1 aliphatic carbocycles. The molecule has 0 radical (unpaired) electrons. The Kier molecular flexibility index (Phi) is 5.17. The molecule has 1 unspecified atom stereocenters. The number of benzene rings is 3. The minimum atomic E-state index is -0.0720. The number of aryl methyl sites for hydroxylation is 1. The summed E-state index contributed by atoms with van der Waals surface area (Å²) in [6, 6.07) is 26.7. The highest BCUT2D eigenvalue weighted by Gasteiger charge is 2.29. The molecule has 1 N–H and O–H groups in total. The van der Waals surface area contributed by atoms with Crippen molar-refractivity contribution >= 4 is 16.7 Å². The predicted molar refractivity (Wildman–Crippen MR) is 124 cm³/mol. The molecule has 0 aliphatic heterocycles. The summed E-state index contributed by atoms with van der Waals surface area (Å²) in [5.74, 6) is 0.919. The first-order valence-corrected chi connectivity index (χ1v) is 10.8. The number of hydrogen-bond donors (Lipinski definition) is 1. The largest absolute Gasteiger partial charge is 0.489 e. The van der Waals surface area contributed by atoms with Crippen LogP contribution in [-0.2, 0) is 17.8 Å². The van der Waals surface area contributed by atoms with E-state index in [-0.39, 0.29) is 11.7 Å². The summed E-state index contributed by atoms with van der Waals surface area (Å²) in [4.78, 5) is 16.2. The Morgan fingerprint density at radius 3 is 2.48 bits per heavy atom. The molecular weight excluding hydrogens is 382 g/mol. The van der Waals surface area contributed by atoms with Gasteiger partial charge in [-0.05, 0) is 54.7 Å². The van der Waals surface area contributed by atoms with E-state index in [4.69, 9.17) is 4.74 Å². The quantitative estimate of drug-likeness (QED) is 0.419. The summed E-state index contributed by atoms with van der Waals surface area (Å²) in [6.45, 7) is 2.21. The third-order valence-corrected chi connectivity index (χ3v) is 6.06. The maximum absolute atomic E-state index is 12.5. The number of Topliss-reactive ketones (excluding diaryl/α,β-unsaturated/α-hetero) is 1. The van der Waals surface area contributed by atoms with Crippen LogP contribution in [0.25, 0.3) is 10.9 Å². The van der Waals surface area contributed by atoms with Gasteiger partial charge in [0.05, 0.1) is 5.92 Å². The highest BCUT2D eigenvalue weighted by Crippen LogP contribution is 2.40. The van der Waals surface area contributed by atoms with E-state index in [0.717, 1.165) is 46.5 Å². The molecule has 0 spiro atoms. The molecule has 1 atom stereocenters. The number of carbonyl (C=O) groups is 1. The van der Waals surface area contributed by atoms with Crippen LogP contribution < -0.4 is 4.74 Å². The number of aromatic amines is 1. The van der Waals surface area contributed by atoms with Crippen LogP contribution in [0.5, 0.6) is 5.75 Å². The Morgan fingerprint density at radius 2 is 1.74 bits per heavy atom. The second kappa shape index (κ2) is 8.27. The van der Waals surface area contributed by atoms with Gasteiger partial charge in [0, 0.05) is 22.2 Å². The number of carbonyl (C=O) groups excluding carboxylic acids is 1. The van der Waals surface area contributed by atoms with Crippen molar-refractivity contribution in [3.05, 3.63) is 113 Å². The summed E-state index contributed by atoms with van der Waals surface area (Å²) in [6.07, 6.45) is 3.88. The van der Waals surface area contributed by atoms with Crippen LogP contribution in [-0.4, -0.2) is 10.8 Å². The Morgan fingerprint density at radius 1 is 1.00 bits per heavy atom. The Bertz CT molecular complexity index is 1250. The molecule has 1 aromatic heterocycles. The molecule has 3 aromatic carbocycles. The van der Waals surface area contributed by atoms with Gasteiger partial charge in [-0.15, -0.1) is 0 Å². The lowest BCUT2D eigenvalue weighted by molar-refractivity contribution is -0.113. The lowest BCUT2D eigenvalue weighted by Crippen LogP contribution is -2.11. The van der Waals surface area contributed by atoms with Crippen LogP contribution in [0.3, 0.4) is 0 Å². The fourth-order valence-corrected chi connectivity index (χ4v) is 4.58. The minimum absolute atomic E-state index is 0.0720. The van der Waals surface area contributed by atoms with Gasteiger partial charge < -0.3 is 9.72 Å². The van der Waals surface area contributed by atoms with Crippen molar-refractivity contribution < 1.29 is 9.53 Å². The molecular formula is C28H25NO2. The molecule has 154 valence electrons. The fraction of sp³-hybridized carbons (Fsp3) is 0.179. The first kappa shape index (κ1) is 19.4. The van der Waals surface area contributed by atoms with Gasteiger partial charge in [-0.25, -0.2) is 0 Å². The second-order valence-corrected chi connectivity index (χ2v) is 8.10. The smallest absolute Gasteiger partial charge is 0.156 e. The molecule has 1 heterocycles. The Hall–Kier alpha value is -3.59. The van der Waals surface area contributed by atoms with Gasteiger partial charge in [0.25, 0.3) is 0 Å². The molecule has 1 aliphatic rings. The van der Waals surface area contributed by atoms with Crippen molar-refractivity contribution in [1.82, 2.24) is 4.98 Å². The molecule has 0 bridgehead atoms. The number of aromatic nitrogens is 1. The van der Waals surface area contributed by atoms with Crippen molar-refractivity contribution in [2.24, 2.45) is 0 Å². The van der Waals surface area contributed by atoms with Crippen LogP contribution >= 0.6 is 0 Å². The van der Waals surface area contributed by atoms with Crippen molar-refractivity contribution in [2.45, 2.75) is 32.3 Å². The third kappa shape index (κ3) is 3.79. The van der Waals surface area contributed by atoms with Crippen LogP contribution in [0, 0.1) is 0 Å². The van der Waals surface area contributed by atoms with E-state index in [1.54, 1.807) is 6.92 Å². The molecule has 0 fully saturated rings. The van der Waals surface area contributed by atoms with Crippen molar-refractivity contribution in [3.63, 3.8) is 0 Å². The van der Waals surface area contributed by atoms with Gasteiger partial charge >= 0.3 is 0 Å². The van der Waals surface area contributed by atoms with Crippen LogP contribution in [0.2, 0.25) is 0 Å². The summed E-state index contributed by atoms with van der Waals surface area (Å²) in [7, 11) is 0. The fourth-order valence-electron chi connectivity index (χ4n) is 4.58. The first-order chi connectivity index (χ1) is 15.2. The number of rotatable bonds is 5.